The Labute approximate surface area is 164 Å². The topological polar surface area (TPSA) is 64.0 Å². The van der Waals surface area contributed by atoms with Gasteiger partial charge in [0, 0.05) is 25.0 Å². The van der Waals surface area contributed by atoms with Crippen molar-refractivity contribution in [3.63, 3.8) is 0 Å². The molecule has 0 bridgehead atoms. The standard InChI is InChI=1S/C22H22FN3O2.H2/c1-22(2,17-10-6-7-11-18(17)23)15-24-20(27)14-26-21(28)13-12-19(25-26)16-8-4-3-5-9-16;/h3-13H,14-15H2,1-2H3,(H,24,27);1H. The summed E-state index contributed by atoms with van der Waals surface area (Å²) in [6.07, 6.45) is 0. The van der Waals surface area contributed by atoms with Gasteiger partial charge in [0.1, 0.15) is 12.4 Å². The Bertz CT molecular complexity index is 1040. The molecule has 0 aliphatic heterocycles. The van der Waals surface area contributed by atoms with Gasteiger partial charge in [-0.15, -0.1) is 0 Å². The molecule has 0 aliphatic carbocycles. The molecule has 28 heavy (non-hydrogen) atoms. The number of carbonyl (C=O) groups excluding carboxylic acids is 1. The number of carbonyl (C=O) groups is 1. The summed E-state index contributed by atoms with van der Waals surface area (Å²) in [4.78, 5) is 24.4. The number of nitrogens with zero attached hydrogens (tertiary/aromatic N) is 2. The van der Waals surface area contributed by atoms with Crippen LogP contribution in [0.1, 0.15) is 20.8 Å². The van der Waals surface area contributed by atoms with Crippen LogP contribution in [0.3, 0.4) is 0 Å². The second-order valence-corrected chi connectivity index (χ2v) is 7.22. The van der Waals surface area contributed by atoms with Crippen LogP contribution in [-0.2, 0) is 16.8 Å². The molecule has 5 nitrogen and oxygen atoms in total. The van der Waals surface area contributed by atoms with E-state index in [1.165, 1.54) is 12.1 Å². The monoisotopic (exact) mass is 381 g/mol. The van der Waals surface area contributed by atoms with E-state index in [0.29, 0.717) is 11.3 Å². The zero-order valence-corrected chi connectivity index (χ0v) is 15.9. The maximum Gasteiger partial charge on any atom is 0.267 e. The Morgan fingerprint density at radius 2 is 1.75 bits per heavy atom. The lowest BCUT2D eigenvalue weighted by atomic mass is 9.84. The van der Waals surface area contributed by atoms with Gasteiger partial charge in [0.15, 0.2) is 0 Å². The minimum atomic E-state index is -0.592. The molecule has 0 spiro atoms. The summed E-state index contributed by atoms with van der Waals surface area (Å²) < 4.78 is 15.2. The van der Waals surface area contributed by atoms with Gasteiger partial charge in [0.2, 0.25) is 5.91 Å². The smallest absolute Gasteiger partial charge is 0.267 e. The van der Waals surface area contributed by atoms with Gasteiger partial charge in [-0.05, 0) is 17.7 Å². The molecule has 0 radical (unpaired) electrons. The van der Waals surface area contributed by atoms with Gasteiger partial charge in [-0.25, -0.2) is 9.07 Å². The lowest BCUT2D eigenvalue weighted by Gasteiger charge is -2.26. The van der Waals surface area contributed by atoms with E-state index < -0.39 is 5.41 Å². The fraction of sp³-hybridized carbons (Fsp3) is 0.227. The molecular weight excluding hydrogens is 357 g/mol. The summed E-state index contributed by atoms with van der Waals surface area (Å²) in [7, 11) is 0. The van der Waals surface area contributed by atoms with E-state index >= 15 is 0 Å². The van der Waals surface area contributed by atoms with Gasteiger partial charge in [0.05, 0.1) is 5.69 Å². The number of nitrogens with one attached hydrogen (secondary N) is 1. The Hall–Kier alpha value is -3.28. The maximum atomic E-state index is 14.0. The average molecular weight is 381 g/mol. The highest BCUT2D eigenvalue weighted by molar-refractivity contribution is 5.75. The van der Waals surface area contributed by atoms with E-state index in [-0.39, 0.29) is 31.8 Å². The van der Waals surface area contributed by atoms with Gasteiger partial charge in [-0.3, -0.25) is 9.59 Å². The van der Waals surface area contributed by atoms with E-state index in [1.54, 1.807) is 24.3 Å². The number of hydrogen-bond acceptors (Lipinski definition) is 3. The van der Waals surface area contributed by atoms with Crippen molar-refractivity contribution >= 4 is 5.91 Å². The Balaban J connectivity index is 0.00000300. The molecule has 1 aromatic heterocycles. The third-order valence-corrected chi connectivity index (χ3v) is 4.56. The van der Waals surface area contributed by atoms with Crippen LogP contribution in [-0.4, -0.2) is 22.2 Å². The largest absolute Gasteiger partial charge is 0.354 e. The van der Waals surface area contributed by atoms with Crippen LogP contribution in [0.2, 0.25) is 0 Å². The SMILES string of the molecule is CC(C)(CNC(=O)Cn1nc(-c2ccccc2)ccc1=O)c1ccccc1F.[HH]. The van der Waals surface area contributed by atoms with Crippen molar-refractivity contribution in [2.75, 3.05) is 6.54 Å². The van der Waals surface area contributed by atoms with Crippen LogP contribution >= 0.6 is 0 Å². The van der Waals surface area contributed by atoms with Crippen LogP contribution < -0.4 is 10.9 Å². The summed E-state index contributed by atoms with van der Waals surface area (Å²) in [5.74, 6) is -0.667. The number of aromatic nitrogens is 2. The predicted octanol–water partition coefficient (Wildman–Crippen LogP) is 3.39. The van der Waals surface area contributed by atoms with E-state index in [4.69, 9.17) is 0 Å². The van der Waals surface area contributed by atoms with Crippen molar-refractivity contribution in [3.05, 3.63) is 88.5 Å². The van der Waals surface area contributed by atoms with Gasteiger partial charge in [-0.1, -0.05) is 62.4 Å². The number of amides is 1. The average Bonchev–Trinajstić information content (AvgIpc) is 2.69. The Morgan fingerprint density at radius 1 is 1.07 bits per heavy atom. The van der Waals surface area contributed by atoms with Crippen LogP contribution in [0.4, 0.5) is 4.39 Å². The van der Waals surface area contributed by atoms with Gasteiger partial charge < -0.3 is 5.32 Å². The third kappa shape index (κ3) is 4.52. The van der Waals surface area contributed by atoms with E-state index in [9.17, 15) is 14.0 Å². The summed E-state index contributed by atoms with van der Waals surface area (Å²) in [6, 6.07) is 18.9. The quantitative estimate of drug-likeness (QED) is 0.712. The fourth-order valence-electron chi connectivity index (χ4n) is 2.94. The fourth-order valence-corrected chi connectivity index (χ4v) is 2.94. The molecule has 1 heterocycles. The van der Waals surface area contributed by atoms with Crippen molar-refractivity contribution in [1.29, 1.82) is 0 Å². The summed E-state index contributed by atoms with van der Waals surface area (Å²) in [5.41, 5.74) is 1.04. The van der Waals surface area contributed by atoms with Crippen molar-refractivity contribution in [1.82, 2.24) is 15.1 Å². The number of hydrogen-bond donors (Lipinski definition) is 1. The molecule has 0 saturated carbocycles. The van der Waals surface area contributed by atoms with Crippen LogP contribution in [0.25, 0.3) is 11.3 Å². The molecule has 0 aliphatic rings. The number of benzene rings is 2. The molecule has 146 valence electrons. The summed E-state index contributed by atoms with van der Waals surface area (Å²) >= 11 is 0. The highest BCUT2D eigenvalue weighted by atomic mass is 19.1. The van der Waals surface area contributed by atoms with E-state index in [2.05, 4.69) is 10.4 Å². The molecule has 0 saturated heterocycles. The van der Waals surface area contributed by atoms with Gasteiger partial charge in [-0.2, -0.15) is 5.10 Å². The summed E-state index contributed by atoms with van der Waals surface area (Å²) in [5, 5.41) is 7.06. The molecule has 6 heteroatoms. The van der Waals surface area contributed by atoms with E-state index in [0.717, 1.165) is 10.2 Å². The zero-order chi connectivity index (χ0) is 20.1. The van der Waals surface area contributed by atoms with Gasteiger partial charge >= 0.3 is 0 Å². The van der Waals surface area contributed by atoms with Crippen molar-refractivity contribution < 1.29 is 10.6 Å². The zero-order valence-electron chi connectivity index (χ0n) is 15.9. The molecule has 3 rings (SSSR count). The first kappa shape index (κ1) is 19.5. The van der Waals surface area contributed by atoms with Crippen LogP contribution in [0, 0.1) is 5.82 Å². The van der Waals surface area contributed by atoms with Crippen LogP contribution in [0.15, 0.2) is 71.5 Å². The van der Waals surface area contributed by atoms with Crippen molar-refractivity contribution in [3.8, 4) is 11.3 Å². The van der Waals surface area contributed by atoms with Crippen LogP contribution in [0.5, 0.6) is 0 Å². The van der Waals surface area contributed by atoms with Crippen molar-refractivity contribution in [2.24, 2.45) is 0 Å². The molecule has 0 fully saturated rings. The molecule has 0 atom stereocenters. The lowest BCUT2D eigenvalue weighted by Crippen LogP contribution is -2.40. The second kappa shape index (κ2) is 8.17. The third-order valence-electron chi connectivity index (χ3n) is 4.56. The molecule has 2 aromatic carbocycles. The minimum Gasteiger partial charge on any atom is -0.354 e. The predicted molar refractivity (Wildman–Crippen MR) is 108 cm³/mol. The first-order chi connectivity index (χ1) is 13.4. The highest BCUT2D eigenvalue weighted by Gasteiger charge is 2.24. The Kier molecular flexibility index (Phi) is 5.68. The first-order valence-corrected chi connectivity index (χ1v) is 9.02. The maximum absolute atomic E-state index is 14.0. The van der Waals surface area contributed by atoms with Crippen molar-refractivity contribution in [2.45, 2.75) is 25.8 Å². The molecule has 1 amide bonds. The van der Waals surface area contributed by atoms with E-state index in [1.807, 2.05) is 44.2 Å². The second-order valence-electron chi connectivity index (χ2n) is 7.22. The molecule has 0 unspecified atom stereocenters. The summed E-state index contributed by atoms with van der Waals surface area (Å²) in [6.45, 7) is 3.74. The minimum absolute atomic E-state index is 0. The molecule has 1 N–H and O–H groups in total. The normalized spacial score (nSPS) is 11.2. The molecular formula is C22H24FN3O2. The highest BCUT2D eigenvalue weighted by Crippen LogP contribution is 2.24. The first-order valence-electron chi connectivity index (χ1n) is 9.02. The molecule has 3 aromatic rings. The number of rotatable bonds is 6. The number of halogens is 1. The Morgan fingerprint density at radius 3 is 2.46 bits per heavy atom. The lowest BCUT2D eigenvalue weighted by molar-refractivity contribution is -0.122. The van der Waals surface area contributed by atoms with Gasteiger partial charge in [0.25, 0.3) is 5.56 Å².